The van der Waals surface area contributed by atoms with Crippen molar-refractivity contribution in [2.45, 2.75) is 19.4 Å². The van der Waals surface area contributed by atoms with E-state index in [2.05, 4.69) is 0 Å². The van der Waals surface area contributed by atoms with E-state index in [0.717, 1.165) is 4.90 Å². The average Bonchev–Trinajstić information content (AvgIpc) is 2.34. The lowest BCUT2D eigenvalue weighted by Crippen LogP contribution is -2.63. The number of carbonyl (C=O) groups excluding carboxylic acids is 1. The first-order valence-electron chi connectivity index (χ1n) is 6.12. The maximum absolute atomic E-state index is 12.1. The van der Waals surface area contributed by atoms with Crippen molar-refractivity contribution in [1.29, 1.82) is 0 Å². The summed E-state index contributed by atoms with van der Waals surface area (Å²) in [5.41, 5.74) is 5.54. The monoisotopic (exact) mass is 279 g/mol. The molecular formula is C13H17N3O4. The first-order chi connectivity index (χ1) is 9.22. The van der Waals surface area contributed by atoms with Crippen LogP contribution in [-0.4, -0.2) is 45.7 Å². The maximum Gasteiger partial charge on any atom is 0.408 e. The van der Waals surface area contributed by atoms with E-state index >= 15 is 0 Å². The van der Waals surface area contributed by atoms with Crippen LogP contribution in [0.2, 0.25) is 0 Å². The number of nitrogens with zero attached hydrogens (tertiary/aromatic N) is 2. The highest BCUT2D eigenvalue weighted by atomic mass is 16.4. The number of hydrogen-bond donors (Lipinski definition) is 3. The molecule has 20 heavy (non-hydrogen) atoms. The van der Waals surface area contributed by atoms with Gasteiger partial charge < -0.3 is 20.8 Å². The Bertz CT molecular complexity index is 571. The SMILES string of the molecule is CC1(C)CN(c2ccc(N)c(O)c2)C(=O)CN1C(=O)O. The lowest BCUT2D eigenvalue weighted by Gasteiger charge is -2.45. The van der Waals surface area contributed by atoms with E-state index in [0.29, 0.717) is 5.69 Å². The molecule has 2 rings (SSSR count). The molecule has 1 aromatic rings. The molecule has 0 atom stereocenters. The molecule has 108 valence electrons. The molecular weight excluding hydrogens is 262 g/mol. The second-order valence-electron chi connectivity index (χ2n) is 5.40. The van der Waals surface area contributed by atoms with Gasteiger partial charge in [-0.2, -0.15) is 0 Å². The van der Waals surface area contributed by atoms with Crippen LogP contribution < -0.4 is 10.6 Å². The van der Waals surface area contributed by atoms with Gasteiger partial charge in [0, 0.05) is 18.3 Å². The highest BCUT2D eigenvalue weighted by Gasteiger charge is 2.41. The number of piperazine rings is 1. The molecule has 0 aliphatic carbocycles. The largest absolute Gasteiger partial charge is 0.506 e. The van der Waals surface area contributed by atoms with Crippen LogP contribution in [0, 0.1) is 0 Å². The number of nitrogens with two attached hydrogens (primary N) is 1. The second-order valence-corrected chi connectivity index (χ2v) is 5.40. The summed E-state index contributed by atoms with van der Waals surface area (Å²) in [5.74, 6) is -0.440. The third kappa shape index (κ3) is 2.34. The van der Waals surface area contributed by atoms with Crippen molar-refractivity contribution < 1.29 is 19.8 Å². The van der Waals surface area contributed by atoms with E-state index in [1.54, 1.807) is 19.9 Å². The molecule has 0 saturated carbocycles. The van der Waals surface area contributed by atoms with Gasteiger partial charge in [0.2, 0.25) is 5.91 Å². The van der Waals surface area contributed by atoms with Crippen LogP contribution in [0.1, 0.15) is 13.8 Å². The van der Waals surface area contributed by atoms with Crippen molar-refractivity contribution in [2.75, 3.05) is 23.7 Å². The first-order valence-corrected chi connectivity index (χ1v) is 6.12. The van der Waals surface area contributed by atoms with Gasteiger partial charge in [-0.05, 0) is 26.0 Å². The van der Waals surface area contributed by atoms with Crippen LogP contribution in [0.25, 0.3) is 0 Å². The van der Waals surface area contributed by atoms with Gasteiger partial charge >= 0.3 is 6.09 Å². The number of benzene rings is 1. The molecule has 1 aliphatic heterocycles. The lowest BCUT2D eigenvalue weighted by atomic mass is 9.98. The van der Waals surface area contributed by atoms with Crippen molar-refractivity contribution in [3.63, 3.8) is 0 Å². The Morgan fingerprint density at radius 3 is 2.60 bits per heavy atom. The fraction of sp³-hybridized carbons (Fsp3) is 0.385. The van der Waals surface area contributed by atoms with E-state index in [-0.39, 0.29) is 30.4 Å². The van der Waals surface area contributed by atoms with Gasteiger partial charge in [-0.3, -0.25) is 9.69 Å². The third-order valence-electron chi connectivity index (χ3n) is 3.43. The minimum atomic E-state index is -1.12. The molecule has 0 bridgehead atoms. The van der Waals surface area contributed by atoms with Crippen molar-refractivity contribution in [1.82, 2.24) is 4.90 Å². The summed E-state index contributed by atoms with van der Waals surface area (Å²) < 4.78 is 0. The van der Waals surface area contributed by atoms with E-state index in [1.165, 1.54) is 17.0 Å². The molecule has 1 saturated heterocycles. The van der Waals surface area contributed by atoms with Gasteiger partial charge in [0.1, 0.15) is 12.3 Å². The zero-order valence-electron chi connectivity index (χ0n) is 11.3. The van der Waals surface area contributed by atoms with E-state index in [4.69, 9.17) is 10.8 Å². The molecule has 7 heteroatoms. The van der Waals surface area contributed by atoms with Gasteiger partial charge in [0.15, 0.2) is 0 Å². The number of carbonyl (C=O) groups is 2. The third-order valence-corrected chi connectivity index (χ3v) is 3.43. The second kappa shape index (κ2) is 4.59. The molecule has 7 nitrogen and oxygen atoms in total. The molecule has 1 aromatic carbocycles. The topological polar surface area (TPSA) is 107 Å². The molecule has 2 amide bonds. The molecule has 1 heterocycles. The van der Waals surface area contributed by atoms with Gasteiger partial charge in [0.05, 0.1) is 11.2 Å². The quantitative estimate of drug-likeness (QED) is 0.526. The van der Waals surface area contributed by atoms with E-state index in [1.807, 2.05) is 0 Å². The number of nitrogen functional groups attached to an aromatic ring is 1. The van der Waals surface area contributed by atoms with Crippen molar-refractivity contribution in [3.8, 4) is 5.75 Å². The summed E-state index contributed by atoms with van der Waals surface area (Å²) in [4.78, 5) is 25.8. The summed E-state index contributed by atoms with van der Waals surface area (Å²) in [6.45, 7) is 3.49. The Kier molecular flexibility index (Phi) is 3.21. The van der Waals surface area contributed by atoms with Crippen molar-refractivity contribution >= 4 is 23.4 Å². The van der Waals surface area contributed by atoms with Crippen LogP contribution in [0.15, 0.2) is 18.2 Å². The van der Waals surface area contributed by atoms with Crippen molar-refractivity contribution in [3.05, 3.63) is 18.2 Å². The zero-order chi connectivity index (χ0) is 15.1. The highest BCUT2D eigenvalue weighted by molar-refractivity contribution is 5.98. The first kappa shape index (κ1) is 14.0. The van der Waals surface area contributed by atoms with Gasteiger partial charge in [-0.1, -0.05) is 0 Å². The summed E-state index contributed by atoms with van der Waals surface area (Å²) in [7, 11) is 0. The van der Waals surface area contributed by atoms with Gasteiger partial charge in [-0.15, -0.1) is 0 Å². The average molecular weight is 279 g/mol. The molecule has 1 fully saturated rings. The van der Waals surface area contributed by atoms with Crippen LogP contribution in [0.3, 0.4) is 0 Å². The predicted molar refractivity (Wildman–Crippen MR) is 73.7 cm³/mol. The summed E-state index contributed by atoms with van der Waals surface area (Å²) in [5, 5.41) is 18.7. The lowest BCUT2D eigenvalue weighted by molar-refractivity contribution is -0.123. The summed E-state index contributed by atoms with van der Waals surface area (Å²) >= 11 is 0. The smallest absolute Gasteiger partial charge is 0.408 e. The normalized spacial score (nSPS) is 18.2. The van der Waals surface area contributed by atoms with E-state index in [9.17, 15) is 14.7 Å². The number of anilines is 2. The molecule has 4 N–H and O–H groups in total. The van der Waals surface area contributed by atoms with Crippen LogP contribution >= 0.6 is 0 Å². The molecule has 0 aromatic heterocycles. The Balaban J connectivity index is 2.32. The Hall–Kier alpha value is -2.44. The standard InChI is InChI=1S/C13H17N3O4/c1-13(2)7-15(11(18)6-16(13)12(19)20)8-3-4-9(14)10(17)5-8/h3-5,17H,6-7,14H2,1-2H3,(H,19,20). The predicted octanol–water partition coefficient (Wildman–Crippen LogP) is 1.08. The highest BCUT2D eigenvalue weighted by Crippen LogP contribution is 2.30. The fourth-order valence-corrected chi connectivity index (χ4v) is 2.26. The van der Waals surface area contributed by atoms with Crippen molar-refractivity contribution in [2.24, 2.45) is 0 Å². The number of amides is 2. The molecule has 0 radical (unpaired) electrons. The number of hydrogen-bond acceptors (Lipinski definition) is 4. The van der Waals surface area contributed by atoms with Gasteiger partial charge in [0.25, 0.3) is 0 Å². The number of phenolic OH excluding ortho intramolecular Hbond substituents is 1. The Morgan fingerprint density at radius 2 is 2.05 bits per heavy atom. The number of aromatic hydroxyl groups is 1. The summed E-state index contributed by atoms with van der Waals surface area (Å²) in [6.07, 6.45) is -1.12. The Labute approximate surface area is 116 Å². The fourth-order valence-electron chi connectivity index (χ4n) is 2.26. The van der Waals surface area contributed by atoms with Crippen LogP contribution in [0.4, 0.5) is 16.2 Å². The molecule has 1 aliphatic rings. The van der Waals surface area contributed by atoms with E-state index < -0.39 is 11.6 Å². The maximum atomic E-state index is 12.1. The molecule has 0 spiro atoms. The number of phenols is 1. The summed E-state index contributed by atoms with van der Waals surface area (Å²) in [6, 6.07) is 4.54. The van der Waals surface area contributed by atoms with Crippen LogP contribution in [-0.2, 0) is 4.79 Å². The molecule has 0 unspecified atom stereocenters. The number of carboxylic acid groups (broad SMARTS) is 1. The van der Waals surface area contributed by atoms with Gasteiger partial charge in [-0.25, -0.2) is 4.79 Å². The zero-order valence-corrected chi connectivity index (χ0v) is 11.3. The minimum Gasteiger partial charge on any atom is -0.506 e. The number of rotatable bonds is 1. The van der Waals surface area contributed by atoms with Crippen LogP contribution in [0.5, 0.6) is 5.75 Å². The minimum absolute atomic E-state index is 0.103. The Morgan fingerprint density at radius 1 is 1.40 bits per heavy atom.